The summed E-state index contributed by atoms with van der Waals surface area (Å²) in [7, 11) is 2.08. The van der Waals surface area contributed by atoms with Gasteiger partial charge in [0.05, 0.1) is 5.69 Å². The Labute approximate surface area is 94.7 Å². The molecule has 0 aliphatic heterocycles. The maximum absolute atomic E-state index is 5.54. The molecule has 2 heterocycles. The van der Waals surface area contributed by atoms with Gasteiger partial charge in [-0.05, 0) is 19.2 Å². The fraction of sp³-hybridized carbons (Fsp3) is 0.364. The number of rotatable bonds is 5. The second kappa shape index (κ2) is 4.85. The summed E-state index contributed by atoms with van der Waals surface area (Å²) in [5.41, 5.74) is 7.85. The van der Waals surface area contributed by atoms with Crippen LogP contribution in [0.1, 0.15) is 11.4 Å². The van der Waals surface area contributed by atoms with Crippen molar-refractivity contribution in [3.8, 4) is 0 Å². The van der Waals surface area contributed by atoms with E-state index in [-0.39, 0.29) is 0 Å². The number of nitrogen functional groups attached to an aromatic ring is 1. The van der Waals surface area contributed by atoms with Crippen LogP contribution in [0, 0.1) is 0 Å². The summed E-state index contributed by atoms with van der Waals surface area (Å²) < 4.78 is 0. The van der Waals surface area contributed by atoms with Crippen molar-refractivity contribution in [1.82, 2.24) is 20.1 Å². The largest absolute Gasteiger partial charge is 0.382 e. The molecule has 0 aromatic carbocycles. The Bertz CT molecular complexity index is 417. The summed E-state index contributed by atoms with van der Waals surface area (Å²) in [6, 6.07) is 5.98. The van der Waals surface area contributed by atoms with Gasteiger partial charge in [0, 0.05) is 37.5 Å². The van der Waals surface area contributed by atoms with Crippen molar-refractivity contribution in [2.75, 3.05) is 19.3 Å². The lowest BCUT2D eigenvalue weighted by atomic mass is 10.3. The number of hydrogen-bond acceptors (Lipinski definition) is 3. The van der Waals surface area contributed by atoms with Crippen molar-refractivity contribution in [3.05, 3.63) is 35.8 Å². The fourth-order valence-corrected chi connectivity index (χ4v) is 1.66. The van der Waals surface area contributed by atoms with E-state index in [0.29, 0.717) is 5.82 Å². The van der Waals surface area contributed by atoms with Crippen LogP contribution in [-0.4, -0.2) is 33.7 Å². The van der Waals surface area contributed by atoms with Crippen molar-refractivity contribution in [1.29, 1.82) is 0 Å². The summed E-state index contributed by atoms with van der Waals surface area (Å²) in [6.45, 7) is 1.84. The zero-order chi connectivity index (χ0) is 11.4. The first-order valence-electron chi connectivity index (χ1n) is 5.34. The van der Waals surface area contributed by atoms with Crippen LogP contribution >= 0.6 is 0 Å². The Morgan fingerprint density at radius 2 is 2.31 bits per heavy atom. The summed E-state index contributed by atoms with van der Waals surface area (Å²) in [5.74, 6) is 0.549. The van der Waals surface area contributed by atoms with Crippen LogP contribution < -0.4 is 5.73 Å². The second-order valence-electron chi connectivity index (χ2n) is 4.00. The molecule has 0 saturated heterocycles. The van der Waals surface area contributed by atoms with Gasteiger partial charge in [0.25, 0.3) is 0 Å². The predicted octanol–water partition coefficient (Wildman–Crippen LogP) is 0.994. The lowest BCUT2D eigenvalue weighted by Gasteiger charge is -2.14. The minimum Gasteiger partial charge on any atom is -0.382 e. The quantitative estimate of drug-likeness (QED) is 0.702. The maximum Gasteiger partial charge on any atom is 0.145 e. The van der Waals surface area contributed by atoms with Crippen molar-refractivity contribution >= 4 is 5.82 Å². The molecule has 0 unspecified atom stereocenters. The van der Waals surface area contributed by atoms with Gasteiger partial charge >= 0.3 is 0 Å². The molecule has 0 amide bonds. The number of likely N-dealkylation sites (N-methyl/N-ethyl adjacent to an activating group) is 1. The Morgan fingerprint density at radius 1 is 1.44 bits per heavy atom. The SMILES string of the molecule is CN(CCc1ccc[nH]1)Cc1cc(N)n[nH]1. The number of nitrogens with zero attached hydrogens (tertiary/aromatic N) is 2. The molecular weight excluding hydrogens is 202 g/mol. The molecule has 86 valence electrons. The molecule has 0 radical (unpaired) electrons. The second-order valence-corrected chi connectivity index (χ2v) is 4.00. The van der Waals surface area contributed by atoms with Crippen LogP contribution in [0.4, 0.5) is 5.82 Å². The summed E-state index contributed by atoms with van der Waals surface area (Å²) in [6.07, 6.45) is 2.97. The van der Waals surface area contributed by atoms with Gasteiger partial charge in [-0.15, -0.1) is 0 Å². The van der Waals surface area contributed by atoms with E-state index in [1.807, 2.05) is 18.3 Å². The molecule has 5 nitrogen and oxygen atoms in total. The first kappa shape index (κ1) is 10.8. The van der Waals surface area contributed by atoms with E-state index >= 15 is 0 Å². The number of nitrogens with one attached hydrogen (secondary N) is 2. The number of hydrogen-bond donors (Lipinski definition) is 3. The van der Waals surface area contributed by atoms with E-state index in [9.17, 15) is 0 Å². The molecule has 0 spiro atoms. The first-order valence-corrected chi connectivity index (χ1v) is 5.34. The molecule has 16 heavy (non-hydrogen) atoms. The van der Waals surface area contributed by atoms with Crippen molar-refractivity contribution in [2.45, 2.75) is 13.0 Å². The number of anilines is 1. The molecule has 0 aliphatic rings. The molecule has 2 rings (SSSR count). The Kier molecular flexibility index (Phi) is 3.26. The van der Waals surface area contributed by atoms with Crippen LogP contribution in [0.15, 0.2) is 24.4 Å². The fourth-order valence-electron chi connectivity index (χ4n) is 1.66. The topological polar surface area (TPSA) is 73.7 Å². The van der Waals surface area contributed by atoms with E-state index in [4.69, 9.17) is 5.73 Å². The maximum atomic E-state index is 5.54. The molecule has 0 atom stereocenters. The Balaban J connectivity index is 1.78. The van der Waals surface area contributed by atoms with E-state index in [0.717, 1.165) is 25.2 Å². The average molecular weight is 219 g/mol. The van der Waals surface area contributed by atoms with Gasteiger partial charge in [-0.3, -0.25) is 5.10 Å². The monoisotopic (exact) mass is 219 g/mol. The highest BCUT2D eigenvalue weighted by Crippen LogP contribution is 2.04. The lowest BCUT2D eigenvalue weighted by molar-refractivity contribution is 0.326. The molecule has 0 bridgehead atoms. The third kappa shape index (κ3) is 2.87. The molecule has 2 aromatic heterocycles. The third-order valence-electron chi connectivity index (χ3n) is 2.52. The van der Waals surface area contributed by atoms with E-state index in [2.05, 4.69) is 33.2 Å². The number of aromatic amines is 2. The average Bonchev–Trinajstić information content (AvgIpc) is 2.87. The molecule has 0 fully saturated rings. The van der Waals surface area contributed by atoms with Gasteiger partial charge in [0.2, 0.25) is 0 Å². The van der Waals surface area contributed by atoms with Gasteiger partial charge in [0.1, 0.15) is 5.82 Å². The predicted molar refractivity (Wildman–Crippen MR) is 63.8 cm³/mol. The first-order chi connectivity index (χ1) is 7.74. The molecular formula is C11H17N5. The third-order valence-corrected chi connectivity index (χ3v) is 2.52. The van der Waals surface area contributed by atoms with Crippen molar-refractivity contribution in [2.24, 2.45) is 0 Å². The number of nitrogens with two attached hydrogens (primary N) is 1. The minimum absolute atomic E-state index is 0.549. The number of aromatic nitrogens is 3. The van der Waals surface area contributed by atoms with Gasteiger partial charge in [0.15, 0.2) is 0 Å². The zero-order valence-electron chi connectivity index (χ0n) is 9.40. The van der Waals surface area contributed by atoms with Gasteiger partial charge in [-0.1, -0.05) is 0 Å². The highest BCUT2D eigenvalue weighted by atomic mass is 15.2. The summed E-state index contributed by atoms with van der Waals surface area (Å²) in [4.78, 5) is 5.42. The Hall–Kier alpha value is -1.75. The van der Waals surface area contributed by atoms with E-state index in [1.165, 1.54) is 5.69 Å². The highest BCUT2D eigenvalue weighted by molar-refractivity contribution is 5.28. The zero-order valence-corrected chi connectivity index (χ0v) is 9.40. The summed E-state index contributed by atoms with van der Waals surface area (Å²) >= 11 is 0. The van der Waals surface area contributed by atoms with Crippen molar-refractivity contribution in [3.63, 3.8) is 0 Å². The highest BCUT2D eigenvalue weighted by Gasteiger charge is 2.03. The van der Waals surface area contributed by atoms with Gasteiger partial charge < -0.3 is 15.6 Å². The Morgan fingerprint density at radius 3 is 2.94 bits per heavy atom. The van der Waals surface area contributed by atoms with Crippen LogP contribution in [0.3, 0.4) is 0 Å². The van der Waals surface area contributed by atoms with Gasteiger partial charge in [-0.2, -0.15) is 5.10 Å². The van der Waals surface area contributed by atoms with Crippen LogP contribution in [0.25, 0.3) is 0 Å². The van der Waals surface area contributed by atoms with Crippen LogP contribution in [0.2, 0.25) is 0 Å². The molecule has 0 aliphatic carbocycles. The lowest BCUT2D eigenvalue weighted by Crippen LogP contribution is -2.21. The van der Waals surface area contributed by atoms with Crippen LogP contribution in [0.5, 0.6) is 0 Å². The number of H-pyrrole nitrogens is 2. The van der Waals surface area contributed by atoms with E-state index < -0.39 is 0 Å². The standard InChI is InChI=1S/C11H17N5/c1-16(6-4-9-3-2-5-13-9)8-10-7-11(12)15-14-10/h2-3,5,7,13H,4,6,8H2,1H3,(H3,12,14,15). The molecule has 0 saturated carbocycles. The van der Waals surface area contributed by atoms with Gasteiger partial charge in [-0.25, -0.2) is 0 Å². The van der Waals surface area contributed by atoms with Crippen molar-refractivity contribution < 1.29 is 0 Å². The molecule has 2 aromatic rings. The summed E-state index contributed by atoms with van der Waals surface area (Å²) in [5, 5.41) is 6.80. The molecule has 5 heteroatoms. The smallest absolute Gasteiger partial charge is 0.145 e. The molecule has 4 N–H and O–H groups in total. The normalized spacial score (nSPS) is 11.1. The van der Waals surface area contributed by atoms with Crippen LogP contribution in [-0.2, 0) is 13.0 Å². The van der Waals surface area contributed by atoms with E-state index in [1.54, 1.807) is 0 Å². The minimum atomic E-state index is 0.549.